The predicted molar refractivity (Wildman–Crippen MR) is 71.9 cm³/mol. The van der Waals surface area contributed by atoms with E-state index in [4.69, 9.17) is 0 Å². The van der Waals surface area contributed by atoms with Gasteiger partial charge in [0.25, 0.3) is 0 Å². The molecule has 17 heavy (non-hydrogen) atoms. The number of benzene rings is 1. The Labute approximate surface area is 115 Å². The Morgan fingerprint density at radius 1 is 1.24 bits per heavy atom. The molecule has 0 bridgehead atoms. The molecule has 0 saturated heterocycles. The molecule has 6 heteroatoms. The predicted octanol–water partition coefficient (Wildman–Crippen LogP) is 4.19. The van der Waals surface area contributed by atoms with Crippen LogP contribution in [-0.4, -0.2) is 9.97 Å². The molecule has 88 valence electrons. The number of rotatable bonds is 2. The zero-order valence-electron chi connectivity index (χ0n) is 8.84. The second-order valence-electron chi connectivity index (χ2n) is 3.43. The van der Waals surface area contributed by atoms with Crippen LogP contribution in [0.25, 0.3) is 0 Å². The first-order valence-corrected chi connectivity index (χ1v) is 6.34. The molecule has 3 nitrogen and oxygen atoms in total. The second kappa shape index (κ2) is 5.10. The van der Waals surface area contributed by atoms with Gasteiger partial charge in [-0.05, 0) is 56.5 Å². The molecule has 0 unspecified atom stereocenters. The maximum absolute atomic E-state index is 13.3. The van der Waals surface area contributed by atoms with Crippen LogP contribution in [0, 0.1) is 12.7 Å². The summed E-state index contributed by atoms with van der Waals surface area (Å²) in [7, 11) is 0. The molecule has 0 fully saturated rings. The summed E-state index contributed by atoms with van der Waals surface area (Å²) < 4.78 is 14.4. The van der Waals surface area contributed by atoms with Gasteiger partial charge in [-0.25, -0.2) is 14.4 Å². The van der Waals surface area contributed by atoms with E-state index in [1.165, 1.54) is 12.4 Å². The first kappa shape index (κ1) is 12.4. The molecule has 0 aliphatic heterocycles. The van der Waals surface area contributed by atoms with E-state index in [0.29, 0.717) is 10.3 Å². The lowest BCUT2D eigenvalue weighted by atomic mass is 10.2. The third-order valence-corrected chi connectivity index (χ3v) is 3.38. The van der Waals surface area contributed by atoms with Crippen molar-refractivity contribution in [3.63, 3.8) is 0 Å². The van der Waals surface area contributed by atoms with Crippen molar-refractivity contribution in [2.45, 2.75) is 6.92 Å². The van der Waals surface area contributed by atoms with Crippen LogP contribution in [0.3, 0.4) is 0 Å². The SMILES string of the molecule is Cc1cc(F)c(Br)cc1Nc1ncncc1Br. The molecular formula is C11H8Br2FN3. The van der Waals surface area contributed by atoms with Gasteiger partial charge in [0.15, 0.2) is 0 Å². The monoisotopic (exact) mass is 359 g/mol. The highest BCUT2D eigenvalue weighted by atomic mass is 79.9. The summed E-state index contributed by atoms with van der Waals surface area (Å²) in [6, 6.07) is 3.14. The van der Waals surface area contributed by atoms with Crippen LogP contribution in [-0.2, 0) is 0 Å². The molecule has 0 aliphatic carbocycles. The average Bonchev–Trinajstić information content (AvgIpc) is 2.29. The first-order chi connectivity index (χ1) is 8.08. The molecule has 1 aromatic heterocycles. The van der Waals surface area contributed by atoms with Crippen LogP contribution in [0.4, 0.5) is 15.9 Å². The van der Waals surface area contributed by atoms with Crippen molar-refractivity contribution < 1.29 is 4.39 Å². The highest BCUT2D eigenvalue weighted by molar-refractivity contribution is 9.10. The second-order valence-corrected chi connectivity index (χ2v) is 5.13. The number of aryl methyl sites for hydroxylation is 1. The minimum Gasteiger partial charge on any atom is -0.339 e. The van der Waals surface area contributed by atoms with Gasteiger partial charge >= 0.3 is 0 Å². The summed E-state index contributed by atoms with van der Waals surface area (Å²) in [5, 5.41) is 3.11. The third kappa shape index (κ3) is 2.81. The molecule has 0 radical (unpaired) electrons. The number of halogens is 3. The Hall–Kier alpha value is -1.01. The zero-order valence-corrected chi connectivity index (χ0v) is 12.0. The van der Waals surface area contributed by atoms with Crippen molar-refractivity contribution in [1.82, 2.24) is 9.97 Å². The van der Waals surface area contributed by atoms with E-state index in [0.717, 1.165) is 15.7 Å². The van der Waals surface area contributed by atoms with Crippen molar-refractivity contribution >= 4 is 43.4 Å². The molecule has 0 saturated carbocycles. The number of nitrogens with zero attached hydrogens (tertiary/aromatic N) is 2. The third-order valence-electron chi connectivity index (χ3n) is 2.19. The number of hydrogen-bond donors (Lipinski definition) is 1. The fraction of sp³-hybridized carbons (Fsp3) is 0.0909. The van der Waals surface area contributed by atoms with Crippen LogP contribution >= 0.6 is 31.9 Å². The highest BCUT2D eigenvalue weighted by Gasteiger charge is 2.07. The molecule has 1 aromatic carbocycles. The standard InChI is InChI=1S/C11H8Br2FN3/c1-6-2-9(14)7(12)3-10(6)17-11-8(13)4-15-5-16-11/h2-5H,1H3,(H,15,16,17). The fourth-order valence-corrected chi connectivity index (χ4v) is 1.98. The van der Waals surface area contributed by atoms with E-state index < -0.39 is 0 Å². The van der Waals surface area contributed by atoms with E-state index in [1.54, 1.807) is 12.3 Å². The van der Waals surface area contributed by atoms with Crippen molar-refractivity contribution in [2.75, 3.05) is 5.32 Å². The summed E-state index contributed by atoms with van der Waals surface area (Å²) in [4.78, 5) is 7.96. The van der Waals surface area contributed by atoms with Crippen LogP contribution < -0.4 is 5.32 Å². The van der Waals surface area contributed by atoms with Crippen LogP contribution in [0.15, 0.2) is 33.6 Å². The van der Waals surface area contributed by atoms with Crippen molar-refractivity contribution in [3.8, 4) is 0 Å². The molecule has 0 atom stereocenters. The summed E-state index contributed by atoms with van der Waals surface area (Å²) in [5.41, 5.74) is 1.59. The van der Waals surface area contributed by atoms with E-state index >= 15 is 0 Å². The van der Waals surface area contributed by atoms with E-state index in [-0.39, 0.29) is 5.82 Å². The number of aromatic nitrogens is 2. The largest absolute Gasteiger partial charge is 0.339 e. The van der Waals surface area contributed by atoms with Gasteiger partial charge in [0, 0.05) is 11.9 Å². The zero-order chi connectivity index (χ0) is 12.4. The Morgan fingerprint density at radius 2 is 2.00 bits per heavy atom. The average molecular weight is 361 g/mol. The molecule has 1 heterocycles. The lowest BCUT2D eigenvalue weighted by Gasteiger charge is -2.10. The molecule has 2 rings (SSSR count). The molecule has 2 aromatic rings. The normalized spacial score (nSPS) is 10.4. The van der Waals surface area contributed by atoms with Crippen LogP contribution in [0.1, 0.15) is 5.56 Å². The van der Waals surface area contributed by atoms with Gasteiger partial charge in [0.2, 0.25) is 0 Å². The van der Waals surface area contributed by atoms with E-state index in [9.17, 15) is 4.39 Å². The summed E-state index contributed by atoms with van der Waals surface area (Å²) in [5.74, 6) is 0.358. The van der Waals surface area contributed by atoms with Crippen LogP contribution in [0.5, 0.6) is 0 Å². The van der Waals surface area contributed by atoms with Gasteiger partial charge in [-0.3, -0.25) is 0 Å². The van der Waals surface area contributed by atoms with E-state index in [1.807, 2.05) is 6.92 Å². The van der Waals surface area contributed by atoms with Gasteiger partial charge in [-0.1, -0.05) is 0 Å². The Balaban J connectivity index is 2.37. The Bertz CT molecular complexity index is 560. The quantitative estimate of drug-likeness (QED) is 0.872. The Morgan fingerprint density at radius 3 is 2.71 bits per heavy atom. The number of nitrogens with one attached hydrogen (secondary N) is 1. The van der Waals surface area contributed by atoms with Gasteiger partial charge in [-0.15, -0.1) is 0 Å². The molecule has 0 spiro atoms. The van der Waals surface area contributed by atoms with Gasteiger partial charge in [0.05, 0.1) is 8.95 Å². The molecule has 1 N–H and O–H groups in total. The minimum atomic E-state index is -0.283. The summed E-state index contributed by atoms with van der Waals surface area (Å²) in [6.07, 6.45) is 3.09. The fourth-order valence-electron chi connectivity index (χ4n) is 1.31. The minimum absolute atomic E-state index is 0.283. The Kier molecular flexibility index (Phi) is 3.73. The van der Waals surface area contributed by atoms with Crippen LogP contribution in [0.2, 0.25) is 0 Å². The maximum Gasteiger partial charge on any atom is 0.148 e. The van der Waals surface area contributed by atoms with Crippen molar-refractivity contribution in [1.29, 1.82) is 0 Å². The van der Waals surface area contributed by atoms with Crippen molar-refractivity contribution in [2.24, 2.45) is 0 Å². The topological polar surface area (TPSA) is 37.8 Å². The van der Waals surface area contributed by atoms with Gasteiger partial charge < -0.3 is 5.32 Å². The smallest absolute Gasteiger partial charge is 0.148 e. The molecular weight excluding hydrogens is 353 g/mol. The lowest BCUT2D eigenvalue weighted by molar-refractivity contribution is 0.620. The summed E-state index contributed by atoms with van der Waals surface area (Å²) >= 11 is 6.49. The van der Waals surface area contributed by atoms with E-state index in [2.05, 4.69) is 47.1 Å². The molecule has 0 amide bonds. The highest BCUT2D eigenvalue weighted by Crippen LogP contribution is 2.28. The first-order valence-electron chi connectivity index (χ1n) is 4.76. The summed E-state index contributed by atoms with van der Waals surface area (Å²) in [6.45, 7) is 1.83. The maximum atomic E-state index is 13.3. The number of hydrogen-bond acceptors (Lipinski definition) is 3. The lowest BCUT2D eigenvalue weighted by Crippen LogP contribution is -1.98. The number of anilines is 2. The van der Waals surface area contributed by atoms with Crippen molar-refractivity contribution in [3.05, 3.63) is 45.0 Å². The molecule has 0 aliphatic rings. The van der Waals surface area contributed by atoms with Gasteiger partial charge in [-0.2, -0.15) is 0 Å². The van der Waals surface area contributed by atoms with Gasteiger partial charge in [0.1, 0.15) is 18.0 Å².